The van der Waals surface area contributed by atoms with E-state index in [-0.39, 0.29) is 5.82 Å². The first-order valence-corrected chi connectivity index (χ1v) is 8.91. The summed E-state index contributed by atoms with van der Waals surface area (Å²) in [5, 5.41) is 7.98. The lowest BCUT2D eigenvalue weighted by Crippen LogP contribution is -2.08. The van der Waals surface area contributed by atoms with Gasteiger partial charge in [-0.05, 0) is 38.0 Å². The molecule has 0 fully saturated rings. The average Bonchev–Trinajstić information content (AvgIpc) is 3.09. The quantitative estimate of drug-likeness (QED) is 0.564. The topological polar surface area (TPSA) is 55.1 Å². The van der Waals surface area contributed by atoms with Gasteiger partial charge in [-0.25, -0.2) is 9.37 Å². The van der Waals surface area contributed by atoms with Crippen LogP contribution in [-0.2, 0) is 6.42 Å². The number of halogens is 1. The van der Waals surface area contributed by atoms with E-state index in [1.54, 1.807) is 17.5 Å². The van der Waals surface area contributed by atoms with Gasteiger partial charge in [0, 0.05) is 22.5 Å². The van der Waals surface area contributed by atoms with Gasteiger partial charge in [0.15, 0.2) is 5.82 Å². The van der Waals surface area contributed by atoms with E-state index in [9.17, 15) is 4.39 Å². The van der Waals surface area contributed by atoms with Crippen LogP contribution in [0.1, 0.15) is 23.7 Å². The fourth-order valence-corrected chi connectivity index (χ4v) is 3.11. The zero-order valence-corrected chi connectivity index (χ0v) is 15.5. The summed E-state index contributed by atoms with van der Waals surface area (Å²) in [6.07, 6.45) is 0.770. The smallest absolute Gasteiger partial charge is 0.254 e. The first-order valence-electron chi connectivity index (χ1n) is 8.91. The number of nitrogens with one attached hydrogen (secondary N) is 1. The minimum absolute atomic E-state index is 0.247. The SMILES string of the molecule is CCc1c(C)nc2nc(-c3ccccc3)nn2c1Nc1ccc(C)c(F)c1. The van der Waals surface area contributed by atoms with Gasteiger partial charge in [-0.1, -0.05) is 43.3 Å². The molecular weight excluding hydrogens is 341 g/mol. The van der Waals surface area contributed by atoms with Gasteiger partial charge in [0.25, 0.3) is 5.78 Å². The zero-order chi connectivity index (χ0) is 19.0. The van der Waals surface area contributed by atoms with Crippen molar-refractivity contribution in [3.63, 3.8) is 0 Å². The molecule has 0 bridgehead atoms. The Morgan fingerprint density at radius 1 is 1.04 bits per heavy atom. The molecule has 136 valence electrons. The predicted octanol–water partition coefficient (Wildman–Crippen LogP) is 4.85. The van der Waals surface area contributed by atoms with Crippen LogP contribution in [0.2, 0.25) is 0 Å². The van der Waals surface area contributed by atoms with Gasteiger partial charge in [-0.15, -0.1) is 5.10 Å². The Bertz CT molecular complexity index is 1120. The number of hydrogen-bond donors (Lipinski definition) is 1. The van der Waals surface area contributed by atoms with E-state index in [1.807, 2.05) is 43.3 Å². The molecule has 0 aliphatic heterocycles. The van der Waals surface area contributed by atoms with Gasteiger partial charge in [-0.3, -0.25) is 0 Å². The maximum Gasteiger partial charge on any atom is 0.254 e. The standard InChI is InChI=1S/C21H20FN5/c1-4-17-14(3)23-21-25-19(15-8-6-5-7-9-15)26-27(21)20(17)24-16-11-10-13(2)18(22)12-16/h5-12,24H,4H2,1-3H3. The highest BCUT2D eigenvalue weighted by molar-refractivity contribution is 5.65. The highest BCUT2D eigenvalue weighted by Crippen LogP contribution is 2.26. The van der Waals surface area contributed by atoms with Crippen LogP contribution in [0, 0.1) is 19.7 Å². The third-order valence-corrected chi connectivity index (χ3v) is 4.61. The number of hydrogen-bond acceptors (Lipinski definition) is 4. The van der Waals surface area contributed by atoms with E-state index in [0.29, 0.717) is 22.9 Å². The molecule has 4 rings (SSSR count). The number of nitrogens with zero attached hydrogens (tertiary/aromatic N) is 4. The van der Waals surface area contributed by atoms with E-state index in [0.717, 1.165) is 29.1 Å². The Kier molecular flexibility index (Phi) is 4.32. The minimum Gasteiger partial charge on any atom is -0.340 e. The second kappa shape index (κ2) is 6.79. The normalized spacial score (nSPS) is 11.1. The van der Waals surface area contributed by atoms with E-state index in [2.05, 4.69) is 27.3 Å². The predicted molar refractivity (Wildman–Crippen MR) is 105 cm³/mol. The van der Waals surface area contributed by atoms with Gasteiger partial charge in [-0.2, -0.15) is 9.50 Å². The molecule has 4 aromatic rings. The van der Waals surface area contributed by atoms with E-state index in [1.165, 1.54) is 6.07 Å². The molecule has 1 N–H and O–H groups in total. The summed E-state index contributed by atoms with van der Waals surface area (Å²) in [6.45, 7) is 5.76. The highest BCUT2D eigenvalue weighted by atomic mass is 19.1. The van der Waals surface area contributed by atoms with Gasteiger partial charge >= 0.3 is 0 Å². The fraction of sp³-hybridized carbons (Fsp3) is 0.190. The Hall–Kier alpha value is -3.28. The van der Waals surface area contributed by atoms with Crippen molar-refractivity contribution in [1.82, 2.24) is 19.6 Å². The van der Waals surface area contributed by atoms with E-state index < -0.39 is 0 Å². The van der Waals surface area contributed by atoms with Crippen molar-refractivity contribution in [2.75, 3.05) is 5.32 Å². The van der Waals surface area contributed by atoms with Gasteiger partial charge in [0.2, 0.25) is 0 Å². The van der Waals surface area contributed by atoms with E-state index in [4.69, 9.17) is 0 Å². The molecule has 0 radical (unpaired) electrons. The van der Waals surface area contributed by atoms with Crippen molar-refractivity contribution in [3.8, 4) is 11.4 Å². The molecule has 0 saturated heterocycles. The summed E-state index contributed by atoms with van der Waals surface area (Å²) in [4.78, 5) is 9.18. The number of aromatic nitrogens is 4. The molecule has 2 aromatic carbocycles. The molecule has 0 saturated carbocycles. The number of anilines is 2. The van der Waals surface area contributed by atoms with Crippen LogP contribution < -0.4 is 5.32 Å². The molecular formula is C21H20FN5. The van der Waals surface area contributed by atoms with Gasteiger partial charge < -0.3 is 5.32 Å². The van der Waals surface area contributed by atoms with Crippen molar-refractivity contribution in [2.45, 2.75) is 27.2 Å². The average molecular weight is 361 g/mol. The molecule has 2 aromatic heterocycles. The summed E-state index contributed by atoms with van der Waals surface area (Å²) in [7, 11) is 0. The second-order valence-corrected chi connectivity index (χ2v) is 6.48. The Balaban J connectivity index is 1.88. The zero-order valence-electron chi connectivity index (χ0n) is 15.5. The highest BCUT2D eigenvalue weighted by Gasteiger charge is 2.16. The van der Waals surface area contributed by atoms with Crippen molar-refractivity contribution < 1.29 is 4.39 Å². The molecule has 0 spiro atoms. The summed E-state index contributed by atoms with van der Waals surface area (Å²) in [6, 6.07) is 14.9. The molecule has 0 atom stereocenters. The molecule has 5 nitrogen and oxygen atoms in total. The molecule has 2 heterocycles. The number of benzene rings is 2. The Morgan fingerprint density at radius 2 is 1.81 bits per heavy atom. The molecule has 6 heteroatoms. The first-order chi connectivity index (χ1) is 13.1. The van der Waals surface area contributed by atoms with Crippen molar-refractivity contribution in [2.24, 2.45) is 0 Å². The molecule has 0 amide bonds. The minimum atomic E-state index is -0.247. The third kappa shape index (κ3) is 3.14. The first kappa shape index (κ1) is 17.1. The van der Waals surface area contributed by atoms with Crippen molar-refractivity contribution in [3.05, 3.63) is 71.2 Å². The number of aryl methyl sites for hydroxylation is 2. The summed E-state index contributed by atoms with van der Waals surface area (Å²) in [5.74, 6) is 1.63. The molecule has 0 aliphatic rings. The van der Waals surface area contributed by atoms with Crippen LogP contribution in [0.4, 0.5) is 15.9 Å². The largest absolute Gasteiger partial charge is 0.340 e. The van der Waals surface area contributed by atoms with Crippen molar-refractivity contribution in [1.29, 1.82) is 0 Å². The second-order valence-electron chi connectivity index (χ2n) is 6.48. The molecule has 0 unspecified atom stereocenters. The maximum absolute atomic E-state index is 14.0. The lowest BCUT2D eigenvalue weighted by atomic mass is 10.1. The Morgan fingerprint density at radius 3 is 2.52 bits per heavy atom. The molecule has 0 aliphatic carbocycles. The summed E-state index contributed by atoms with van der Waals surface area (Å²) >= 11 is 0. The monoisotopic (exact) mass is 361 g/mol. The Labute approximate surface area is 156 Å². The number of rotatable bonds is 4. The van der Waals surface area contributed by atoms with Crippen molar-refractivity contribution >= 4 is 17.3 Å². The third-order valence-electron chi connectivity index (χ3n) is 4.61. The van der Waals surface area contributed by atoms with Crippen LogP contribution in [0.5, 0.6) is 0 Å². The van der Waals surface area contributed by atoms with Gasteiger partial charge in [0.05, 0.1) is 0 Å². The number of fused-ring (bicyclic) bond motifs is 1. The van der Waals surface area contributed by atoms with Crippen LogP contribution in [-0.4, -0.2) is 19.6 Å². The summed E-state index contributed by atoms with van der Waals surface area (Å²) < 4.78 is 15.7. The van der Waals surface area contributed by atoms with Crippen LogP contribution in [0.15, 0.2) is 48.5 Å². The maximum atomic E-state index is 14.0. The molecule has 27 heavy (non-hydrogen) atoms. The lowest BCUT2D eigenvalue weighted by Gasteiger charge is -2.14. The fourth-order valence-electron chi connectivity index (χ4n) is 3.11. The van der Waals surface area contributed by atoms with Crippen LogP contribution >= 0.6 is 0 Å². The summed E-state index contributed by atoms with van der Waals surface area (Å²) in [5.41, 5.74) is 4.10. The van der Waals surface area contributed by atoms with Gasteiger partial charge in [0.1, 0.15) is 11.6 Å². The van der Waals surface area contributed by atoms with Crippen LogP contribution in [0.3, 0.4) is 0 Å². The lowest BCUT2D eigenvalue weighted by molar-refractivity contribution is 0.619. The van der Waals surface area contributed by atoms with Crippen LogP contribution in [0.25, 0.3) is 17.2 Å². The van der Waals surface area contributed by atoms with E-state index >= 15 is 0 Å².